The third kappa shape index (κ3) is 2.45. The van der Waals surface area contributed by atoms with Crippen molar-refractivity contribution in [2.75, 3.05) is 7.11 Å². The number of ether oxygens (including phenoxy) is 1. The zero-order valence-corrected chi connectivity index (χ0v) is 12.1. The summed E-state index contributed by atoms with van der Waals surface area (Å²) in [5, 5.41) is 15.2. The van der Waals surface area contributed by atoms with Gasteiger partial charge in [-0.15, -0.1) is 0 Å². The van der Waals surface area contributed by atoms with Crippen LogP contribution >= 0.6 is 0 Å². The van der Waals surface area contributed by atoms with Crippen molar-refractivity contribution < 1.29 is 14.5 Å². The number of aromatic nitrogens is 2. The summed E-state index contributed by atoms with van der Waals surface area (Å²) in [5.41, 5.74) is 1.37. The van der Waals surface area contributed by atoms with E-state index < -0.39 is 10.9 Å². The highest BCUT2D eigenvalue weighted by Gasteiger charge is 2.22. The van der Waals surface area contributed by atoms with Gasteiger partial charge in [0.05, 0.1) is 29.8 Å². The molecule has 1 fully saturated rings. The number of carbonyl (C=O) groups is 1. The van der Waals surface area contributed by atoms with Crippen LogP contribution < -0.4 is 0 Å². The predicted octanol–water partition coefficient (Wildman–Crippen LogP) is 2.97. The number of hydrogen-bond donors (Lipinski definition) is 0. The molecule has 0 aliphatic heterocycles. The summed E-state index contributed by atoms with van der Waals surface area (Å²) in [7, 11) is 1.25. The molecule has 0 atom stereocenters. The normalized spacial score (nSPS) is 14.4. The molecule has 3 rings (SSSR count). The van der Waals surface area contributed by atoms with Gasteiger partial charge in [-0.25, -0.2) is 4.79 Å². The molecule has 1 saturated carbocycles. The fourth-order valence-corrected chi connectivity index (χ4v) is 2.50. The lowest BCUT2D eigenvalue weighted by Gasteiger charge is -2.25. The highest BCUT2D eigenvalue weighted by Crippen LogP contribution is 2.33. The minimum absolute atomic E-state index is 0.143. The van der Waals surface area contributed by atoms with E-state index >= 15 is 0 Å². The molecule has 1 heterocycles. The molecule has 0 spiro atoms. The molecule has 0 N–H and O–H groups in total. The molecule has 7 heteroatoms. The summed E-state index contributed by atoms with van der Waals surface area (Å²) in [5.74, 6) is -0.602. The Morgan fingerprint density at radius 3 is 2.82 bits per heavy atom. The van der Waals surface area contributed by atoms with Crippen molar-refractivity contribution in [2.45, 2.75) is 25.3 Å². The van der Waals surface area contributed by atoms with E-state index in [1.807, 2.05) is 10.9 Å². The Bertz CT molecular complexity index is 734. The van der Waals surface area contributed by atoms with Gasteiger partial charge < -0.3 is 4.74 Å². The number of nitro benzene ring substituents is 1. The van der Waals surface area contributed by atoms with E-state index in [0.717, 1.165) is 18.4 Å². The summed E-state index contributed by atoms with van der Waals surface area (Å²) in [6.45, 7) is 0. The van der Waals surface area contributed by atoms with Crippen LogP contribution in [0.5, 0.6) is 0 Å². The maximum Gasteiger partial charge on any atom is 0.338 e. The van der Waals surface area contributed by atoms with Crippen molar-refractivity contribution in [2.24, 2.45) is 0 Å². The summed E-state index contributed by atoms with van der Waals surface area (Å²) in [6.07, 6.45) is 6.95. The number of carbonyl (C=O) groups excluding carboxylic acids is 1. The van der Waals surface area contributed by atoms with Crippen LogP contribution in [0.25, 0.3) is 11.1 Å². The van der Waals surface area contributed by atoms with Crippen molar-refractivity contribution in [3.05, 3.63) is 46.3 Å². The van der Waals surface area contributed by atoms with Gasteiger partial charge in [-0.05, 0) is 30.9 Å². The number of nitrogens with zero attached hydrogens (tertiary/aromatic N) is 3. The second-order valence-corrected chi connectivity index (χ2v) is 5.27. The highest BCUT2D eigenvalue weighted by molar-refractivity contribution is 5.97. The van der Waals surface area contributed by atoms with Gasteiger partial charge in [0.1, 0.15) is 0 Å². The Labute approximate surface area is 126 Å². The average molecular weight is 301 g/mol. The maximum absolute atomic E-state index is 11.9. The van der Waals surface area contributed by atoms with E-state index in [9.17, 15) is 14.9 Å². The first kappa shape index (κ1) is 14.2. The van der Waals surface area contributed by atoms with Gasteiger partial charge in [-0.2, -0.15) is 5.10 Å². The topological polar surface area (TPSA) is 87.3 Å². The first-order valence-electron chi connectivity index (χ1n) is 7.01. The molecule has 1 aromatic heterocycles. The lowest BCUT2D eigenvalue weighted by molar-refractivity contribution is -0.384. The second kappa shape index (κ2) is 5.59. The van der Waals surface area contributed by atoms with Crippen molar-refractivity contribution >= 4 is 11.7 Å². The lowest BCUT2D eigenvalue weighted by atomic mass is 9.93. The predicted molar refractivity (Wildman–Crippen MR) is 78.5 cm³/mol. The third-order valence-electron chi connectivity index (χ3n) is 3.98. The molecule has 0 amide bonds. The summed E-state index contributed by atoms with van der Waals surface area (Å²) in [6, 6.07) is 4.59. The zero-order valence-electron chi connectivity index (χ0n) is 12.1. The Morgan fingerprint density at radius 2 is 2.23 bits per heavy atom. The van der Waals surface area contributed by atoms with Gasteiger partial charge in [0.25, 0.3) is 5.69 Å². The van der Waals surface area contributed by atoms with Crippen molar-refractivity contribution in [3.8, 4) is 11.1 Å². The Balaban J connectivity index is 2.03. The quantitative estimate of drug-likeness (QED) is 0.492. The molecular weight excluding hydrogens is 286 g/mol. The van der Waals surface area contributed by atoms with Gasteiger partial charge in [0.2, 0.25) is 0 Å². The standard InChI is InChI=1S/C15H15N3O4/c1-22-15(19)14-7-12(18(20)21)5-6-13(14)10-8-16-17(9-10)11-3-2-4-11/h5-9,11H,2-4H2,1H3. The van der Waals surface area contributed by atoms with Gasteiger partial charge in [0, 0.05) is 23.9 Å². The Morgan fingerprint density at radius 1 is 1.45 bits per heavy atom. The summed E-state index contributed by atoms with van der Waals surface area (Å²) in [4.78, 5) is 22.3. The highest BCUT2D eigenvalue weighted by atomic mass is 16.6. The molecular formula is C15H15N3O4. The molecule has 0 unspecified atom stereocenters. The fraction of sp³-hybridized carbons (Fsp3) is 0.333. The van der Waals surface area contributed by atoms with Gasteiger partial charge in [-0.3, -0.25) is 14.8 Å². The van der Waals surface area contributed by atoms with Crippen LogP contribution in [-0.4, -0.2) is 27.8 Å². The van der Waals surface area contributed by atoms with E-state index in [4.69, 9.17) is 4.74 Å². The number of hydrogen-bond acceptors (Lipinski definition) is 5. The molecule has 1 aliphatic rings. The summed E-state index contributed by atoms with van der Waals surface area (Å²) < 4.78 is 6.62. The number of rotatable bonds is 4. The van der Waals surface area contributed by atoms with Crippen LogP contribution in [0.4, 0.5) is 5.69 Å². The van der Waals surface area contributed by atoms with Crippen LogP contribution in [0, 0.1) is 10.1 Å². The lowest BCUT2D eigenvalue weighted by Crippen LogP contribution is -2.16. The molecule has 7 nitrogen and oxygen atoms in total. The monoisotopic (exact) mass is 301 g/mol. The first-order chi connectivity index (χ1) is 10.6. The summed E-state index contributed by atoms with van der Waals surface area (Å²) >= 11 is 0. The Kier molecular flexibility index (Phi) is 3.62. The molecule has 22 heavy (non-hydrogen) atoms. The van der Waals surface area contributed by atoms with E-state index in [0.29, 0.717) is 11.6 Å². The van der Waals surface area contributed by atoms with Crippen LogP contribution in [0.1, 0.15) is 35.7 Å². The number of methoxy groups -OCH3 is 1. The molecule has 114 valence electrons. The molecule has 0 saturated heterocycles. The molecule has 0 radical (unpaired) electrons. The van der Waals surface area contributed by atoms with E-state index in [2.05, 4.69) is 5.10 Å². The first-order valence-corrected chi connectivity index (χ1v) is 7.01. The zero-order chi connectivity index (χ0) is 15.7. The molecule has 2 aromatic rings. The second-order valence-electron chi connectivity index (χ2n) is 5.27. The van der Waals surface area contributed by atoms with E-state index in [1.165, 1.54) is 25.7 Å². The molecule has 1 aromatic carbocycles. The van der Waals surface area contributed by atoms with Crippen molar-refractivity contribution in [1.82, 2.24) is 9.78 Å². The van der Waals surface area contributed by atoms with Crippen LogP contribution in [0.2, 0.25) is 0 Å². The van der Waals surface area contributed by atoms with E-state index in [-0.39, 0.29) is 11.3 Å². The number of benzene rings is 1. The van der Waals surface area contributed by atoms with Crippen molar-refractivity contribution in [1.29, 1.82) is 0 Å². The molecule has 1 aliphatic carbocycles. The molecule has 0 bridgehead atoms. The van der Waals surface area contributed by atoms with Gasteiger partial charge >= 0.3 is 5.97 Å². The largest absolute Gasteiger partial charge is 0.465 e. The minimum atomic E-state index is -0.602. The van der Waals surface area contributed by atoms with Crippen molar-refractivity contribution in [3.63, 3.8) is 0 Å². The number of non-ortho nitro benzene ring substituents is 1. The smallest absolute Gasteiger partial charge is 0.338 e. The van der Waals surface area contributed by atoms with Gasteiger partial charge in [0.15, 0.2) is 0 Å². The minimum Gasteiger partial charge on any atom is -0.465 e. The van der Waals surface area contributed by atoms with Crippen LogP contribution in [-0.2, 0) is 4.74 Å². The number of esters is 1. The fourth-order valence-electron chi connectivity index (χ4n) is 2.50. The number of nitro groups is 1. The van der Waals surface area contributed by atoms with E-state index in [1.54, 1.807) is 12.3 Å². The van der Waals surface area contributed by atoms with Gasteiger partial charge in [-0.1, -0.05) is 0 Å². The average Bonchev–Trinajstić information content (AvgIpc) is 2.93. The maximum atomic E-state index is 11.9. The third-order valence-corrected chi connectivity index (χ3v) is 3.98. The Hall–Kier alpha value is -2.70. The SMILES string of the molecule is COC(=O)c1cc([N+](=O)[O-])ccc1-c1cnn(C2CCC2)c1. The van der Waals surface area contributed by atoms with Crippen LogP contribution in [0.15, 0.2) is 30.6 Å². The van der Waals surface area contributed by atoms with Crippen LogP contribution in [0.3, 0.4) is 0 Å².